The highest BCUT2D eigenvalue weighted by Gasteiger charge is 2.29. The van der Waals surface area contributed by atoms with Crippen LogP contribution in [0.2, 0.25) is 0 Å². The van der Waals surface area contributed by atoms with E-state index in [0.717, 1.165) is 11.1 Å². The fourth-order valence-corrected chi connectivity index (χ4v) is 5.10. The Morgan fingerprint density at radius 1 is 1.24 bits per heavy atom. The summed E-state index contributed by atoms with van der Waals surface area (Å²) in [4.78, 5) is 32.1. The lowest BCUT2D eigenvalue weighted by atomic mass is 9.88. The van der Waals surface area contributed by atoms with E-state index in [1.165, 1.54) is 18.7 Å². The number of piperidine rings is 1. The lowest BCUT2D eigenvalue weighted by molar-refractivity contribution is 0.0713. The number of carbonyl (C=O) groups excluding carboxylic acids is 2. The predicted octanol–water partition coefficient (Wildman–Crippen LogP) is 4.15. The number of methoxy groups -OCH3 is 1. The number of nitrogens with two attached hydrogens (primary N) is 1. The molecule has 3 N–H and O–H groups in total. The number of likely N-dealkylation sites (tertiary alicyclic amines) is 1. The molecule has 2 amide bonds. The van der Waals surface area contributed by atoms with Crippen LogP contribution in [0.3, 0.4) is 0 Å². The first-order chi connectivity index (χ1) is 18.5. The summed E-state index contributed by atoms with van der Waals surface area (Å²) in [6.45, 7) is 2.34. The Balaban J connectivity index is 1.42. The molecule has 3 heterocycles. The highest BCUT2D eigenvalue weighted by Crippen LogP contribution is 2.34. The van der Waals surface area contributed by atoms with Crippen LogP contribution in [0.5, 0.6) is 0 Å². The average Bonchev–Trinajstić information content (AvgIpc) is 3.61. The molecule has 198 valence electrons. The molecular formula is C28H30FN5O4. The van der Waals surface area contributed by atoms with Crippen LogP contribution in [0.4, 0.5) is 10.1 Å². The van der Waals surface area contributed by atoms with Crippen molar-refractivity contribution in [3.8, 4) is 0 Å². The van der Waals surface area contributed by atoms with E-state index in [-0.39, 0.29) is 23.4 Å². The summed E-state index contributed by atoms with van der Waals surface area (Å²) >= 11 is 0. The third kappa shape index (κ3) is 5.05. The van der Waals surface area contributed by atoms with Gasteiger partial charge in [-0.25, -0.2) is 9.37 Å². The van der Waals surface area contributed by atoms with Crippen molar-refractivity contribution in [2.24, 2.45) is 5.73 Å². The highest BCUT2D eigenvalue weighted by atomic mass is 19.1. The van der Waals surface area contributed by atoms with Crippen LogP contribution in [-0.2, 0) is 17.8 Å². The number of amides is 2. The van der Waals surface area contributed by atoms with Gasteiger partial charge < -0.3 is 29.7 Å². The number of oxazole rings is 1. The molecule has 1 aliphatic heterocycles. The number of hydrogen-bond acceptors (Lipinski definition) is 6. The zero-order valence-corrected chi connectivity index (χ0v) is 21.2. The Morgan fingerprint density at radius 3 is 2.76 bits per heavy atom. The molecule has 9 nitrogen and oxygen atoms in total. The molecular weight excluding hydrogens is 489 g/mol. The number of fused-ring (bicyclic) bond motifs is 1. The van der Waals surface area contributed by atoms with E-state index in [9.17, 15) is 14.0 Å². The number of aromatic nitrogens is 2. The number of nitrogens with zero attached hydrogens (tertiary/aromatic N) is 3. The van der Waals surface area contributed by atoms with Gasteiger partial charge in [0, 0.05) is 44.9 Å². The number of carbonyl (C=O) groups is 2. The fraction of sp³-hybridized carbons (Fsp3) is 0.321. The minimum atomic E-state index is -0.458. The van der Waals surface area contributed by atoms with E-state index in [1.807, 2.05) is 29.0 Å². The van der Waals surface area contributed by atoms with Crippen LogP contribution in [0.25, 0.3) is 10.9 Å². The van der Waals surface area contributed by atoms with Crippen molar-refractivity contribution in [2.75, 3.05) is 32.1 Å². The summed E-state index contributed by atoms with van der Waals surface area (Å²) in [6.07, 6.45) is 5.63. The quantitative estimate of drug-likeness (QED) is 0.361. The van der Waals surface area contributed by atoms with Gasteiger partial charge in [-0.1, -0.05) is 18.2 Å². The lowest BCUT2D eigenvalue weighted by Gasteiger charge is -2.32. The third-order valence-electron chi connectivity index (χ3n) is 7.10. The molecule has 1 fully saturated rings. The molecule has 1 aliphatic rings. The van der Waals surface area contributed by atoms with Gasteiger partial charge in [-0.3, -0.25) is 9.59 Å². The molecule has 0 saturated carbocycles. The maximum atomic E-state index is 14.6. The fourth-order valence-electron chi connectivity index (χ4n) is 5.10. The Bertz CT molecular complexity index is 1440. The van der Waals surface area contributed by atoms with E-state index in [1.54, 1.807) is 24.1 Å². The summed E-state index contributed by atoms with van der Waals surface area (Å²) in [5, 5.41) is 3.50. The Hall–Kier alpha value is -4.02. The van der Waals surface area contributed by atoms with Gasteiger partial charge in [0.2, 0.25) is 5.76 Å². The van der Waals surface area contributed by atoms with Gasteiger partial charge in [-0.15, -0.1) is 0 Å². The zero-order chi connectivity index (χ0) is 26.6. The van der Waals surface area contributed by atoms with Crippen LogP contribution >= 0.6 is 0 Å². The van der Waals surface area contributed by atoms with Crippen LogP contribution in [0, 0.1) is 5.82 Å². The first kappa shape index (κ1) is 25.6. The molecule has 0 bridgehead atoms. The van der Waals surface area contributed by atoms with Crippen molar-refractivity contribution in [3.05, 3.63) is 83.5 Å². The monoisotopic (exact) mass is 519 g/mol. The number of ether oxygens (including phenoxy) is 1. The number of rotatable bonds is 8. The van der Waals surface area contributed by atoms with Gasteiger partial charge in [0.1, 0.15) is 5.82 Å². The van der Waals surface area contributed by atoms with Crippen molar-refractivity contribution in [3.63, 3.8) is 0 Å². The Labute approximate surface area is 219 Å². The second-order valence-electron chi connectivity index (χ2n) is 9.37. The van der Waals surface area contributed by atoms with Gasteiger partial charge in [-0.05, 0) is 48.1 Å². The molecule has 5 rings (SSSR count). The molecule has 2 aromatic heterocycles. The van der Waals surface area contributed by atoms with Gasteiger partial charge in [0.15, 0.2) is 6.39 Å². The van der Waals surface area contributed by atoms with E-state index in [4.69, 9.17) is 14.9 Å². The van der Waals surface area contributed by atoms with Crippen molar-refractivity contribution in [2.45, 2.75) is 31.8 Å². The predicted molar refractivity (Wildman–Crippen MR) is 140 cm³/mol. The van der Waals surface area contributed by atoms with Gasteiger partial charge >= 0.3 is 0 Å². The maximum absolute atomic E-state index is 14.6. The zero-order valence-electron chi connectivity index (χ0n) is 21.2. The molecule has 1 saturated heterocycles. The summed E-state index contributed by atoms with van der Waals surface area (Å²) in [7, 11) is 1.62. The largest absolute Gasteiger partial charge is 0.438 e. The molecule has 0 unspecified atom stereocenters. The molecule has 10 heteroatoms. The van der Waals surface area contributed by atoms with Crippen LogP contribution in [-0.4, -0.2) is 53.1 Å². The number of halogens is 1. The highest BCUT2D eigenvalue weighted by molar-refractivity contribution is 6.15. The molecule has 4 aromatic rings. The van der Waals surface area contributed by atoms with Crippen molar-refractivity contribution < 1.29 is 23.1 Å². The number of benzene rings is 2. The van der Waals surface area contributed by atoms with E-state index < -0.39 is 5.91 Å². The number of hydrogen-bond donors (Lipinski definition) is 2. The molecule has 2 aromatic carbocycles. The van der Waals surface area contributed by atoms with Crippen LogP contribution in [0.1, 0.15) is 50.8 Å². The molecule has 0 radical (unpaired) electrons. The summed E-state index contributed by atoms with van der Waals surface area (Å²) in [5.41, 5.74) is 9.09. The van der Waals surface area contributed by atoms with Gasteiger partial charge in [-0.2, -0.15) is 0 Å². The maximum Gasteiger partial charge on any atom is 0.293 e. The first-order valence-corrected chi connectivity index (χ1v) is 12.6. The summed E-state index contributed by atoms with van der Waals surface area (Å²) in [5.74, 6) is -0.741. The third-order valence-corrected chi connectivity index (χ3v) is 7.10. The Kier molecular flexibility index (Phi) is 7.52. The first-order valence-electron chi connectivity index (χ1n) is 12.6. The van der Waals surface area contributed by atoms with E-state index in [2.05, 4.69) is 10.3 Å². The normalized spacial score (nSPS) is 14.2. The van der Waals surface area contributed by atoms with Crippen LogP contribution in [0.15, 0.2) is 59.6 Å². The smallest absolute Gasteiger partial charge is 0.293 e. The molecule has 38 heavy (non-hydrogen) atoms. The topological polar surface area (TPSA) is 116 Å². The van der Waals surface area contributed by atoms with E-state index >= 15 is 0 Å². The number of nitrogens with one attached hydrogen (secondary N) is 1. The van der Waals surface area contributed by atoms with Crippen LogP contribution < -0.4 is 11.1 Å². The van der Waals surface area contributed by atoms with Crippen molar-refractivity contribution >= 4 is 28.4 Å². The summed E-state index contributed by atoms with van der Waals surface area (Å²) in [6, 6.07) is 10.5. The molecule has 0 atom stereocenters. The van der Waals surface area contributed by atoms with E-state index in [0.29, 0.717) is 67.8 Å². The SMILES string of the molecule is COCCn1cc(C(=O)N2CCC(c3cc(CN)ccc3F)CC2)c2c(NC(=O)c3cnco3)cccc21. The number of anilines is 1. The minimum absolute atomic E-state index is 0.0188. The van der Waals surface area contributed by atoms with Gasteiger partial charge in [0.25, 0.3) is 11.8 Å². The van der Waals surface area contributed by atoms with Crippen molar-refractivity contribution in [1.29, 1.82) is 0 Å². The second kappa shape index (κ2) is 11.2. The molecule has 0 spiro atoms. The molecule has 0 aliphatic carbocycles. The standard InChI is InChI=1S/C28H30FN5O4/c1-37-12-11-34-16-21(26-23(3-2-4-24(26)34)32-27(35)25-15-31-17-38-25)28(36)33-9-7-19(8-10-33)20-13-18(14-30)5-6-22(20)29/h2-6,13,15-17,19H,7-12,14,30H2,1H3,(H,32,35). The second-order valence-corrected chi connectivity index (χ2v) is 9.37. The minimum Gasteiger partial charge on any atom is -0.438 e. The lowest BCUT2D eigenvalue weighted by Crippen LogP contribution is -2.38. The van der Waals surface area contributed by atoms with Gasteiger partial charge in [0.05, 0.1) is 29.6 Å². The average molecular weight is 520 g/mol. The Morgan fingerprint density at radius 2 is 2.05 bits per heavy atom. The van der Waals surface area contributed by atoms with Crippen molar-refractivity contribution in [1.82, 2.24) is 14.5 Å². The summed E-state index contributed by atoms with van der Waals surface area (Å²) < 4.78 is 26.9.